The van der Waals surface area contributed by atoms with Crippen LogP contribution in [0.1, 0.15) is 33.3 Å². The van der Waals surface area contributed by atoms with Crippen molar-refractivity contribution in [3.8, 4) is 11.8 Å². The fraction of sp³-hybridized carbons (Fsp3) is 0.375. The van der Waals surface area contributed by atoms with Crippen LogP contribution < -0.4 is 5.46 Å². The number of benzene rings is 1. The van der Waals surface area contributed by atoms with Crippen LogP contribution in [-0.2, 0) is 9.31 Å². The lowest BCUT2D eigenvalue weighted by Gasteiger charge is -2.32. The molecule has 0 radical (unpaired) electrons. The molecule has 0 N–H and O–H groups in total. The number of rotatable bonds is 2. The van der Waals surface area contributed by atoms with E-state index in [1.165, 1.54) is 0 Å². The van der Waals surface area contributed by atoms with Crippen molar-refractivity contribution >= 4 is 24.2 Å². The maximum absolute atomic E-state index is 8.94. The van der Waals surface area contributed by atoms with Gasteiger partial charge in [0.2, 0.25) is 0 Å². The summed E-state index contributed by atoms with van der Waals surface area (Å²) in [7, 11) is -0.456. The molecule has 0 bridgehead atoms. The minimum Gasteiger partial charge on any atom is -0.399 e. The third-order valence-electron chi connectivity index (χ3n) is 4.47. The molecule has 0 aliphatic carbocycles. The SMILES string of the molecule is CC1(C)OB(c2cnn(-c3ccc(C#N)c(Cl)c3)c2)OC1(C)C. The van der Waals surface area contributed by atoms with E-state index in [0.717, 1.165) is 11.2 Å². The molecule has 1 aliphatic rings. The molecule has 1 aliphatic heterocycles. The normalized spacial score (nSPS) is 18.9. The van der Waals surface area contributed by atoms with Gasteiger partial charge < -0.3 is 9.31 Å². The maximum atomic E-state index is 8.94. The summed E-state index contributed by atoms with van der Waals surface area (Å²) in [5, 5.41) is 13.7. The minimum atomic E-state index is -0.456. The van der Waals surface area contributed by atoms with Gasteiger partial charge in [-0.2, -0.15) is 10.4 Å². The number of nitrogens with zero attached hydrogens (tertiary/aromatic N) is 3. The van der Waals surface area contributed by atoms with E-state index in [1.54, 1.807) is 29.1 Å². The second-order valence-corrected chi connectivity index (χ2v) is 6.99. The zero-order chi connectivity index (χ0) is 16.8. The van der Waals surface area contributed by atoms with Crippen molar-refractivity contribution in [3.63, 3.8) is 0 Å². The Morgan fingerprint density at radius 1 is 1.22 bits per heavy atom. The molecular formula is C16H17BClN3O2. The first-order valence-electron chi connectivity index (χ1n) is 7.34. The van der Waals surface area contributed by atoms with E-state index >= 15 is 0 Å². The highest BCUT2D eigenvalue weighted by atomic mass is 35.5. The summed E-state index contributed by atoms with van der Waals surface area (Å²) in [6.45, 7) is 8.05. The summed E-state index contributed by atoms with van der Waals surface area (Å²) in [5.41, 5.74) is 1.27. The van der Waals surface area contributed by atoms with Crippen molar-refractivity contribution in [2.75, 3.05) is 0 Å². The van der Waals surface area contributed by atoms with Gasteiger partial charge in [-0.05, 0) is 45.9 Å². The van der Waals surface area contributed by atoms with Crippen LogP contribution in [0.25, 0.3) is 5.69 Å². The second-order valence-electron chi connectivity index (χ2n) is 6.58. The number of aromatic nitrogens is 2. The van der Waals surface area contributed by atoms with Gasteiger partial charge in [-0.3, -0.25) is 0 Å². The van der Waals surface area contributed by atoms with Gasteiger partial charge in [-0.1, -0.05) is 11.6 Å². The lowest BCUT2D eigenvalue weighted by molar-refractivity contribution is 0.00578. The van der Waals surface area contributed by atoms with E-state index < -0.39 is 18.3 Å². The summed E-state index contributed by atoms with van der Waals surface area (Å²) >= 11 is 6.08. The van der Waals surface area contributed by atoms with Crippen molar-refractivity contribution in [1.82, 2.24) is 9.78 Å². The fourth-order valence-electron chi connectivity index (χ4n) is 2.32. The quantitative estimate of drug-likeness (QED) is 0.795. The third kappa shape index (κ3) is 2.76. The highest BCUT2D eigenvalue weighted by Gasteiger charge is 2.52. The number of hydrogen-bond acceptors (Lipinski definition) is 4. The Bertz CT molecular complexity index is 779. The average molecular weight is 330 g/mol. The van der Waals surface area contributed by atoms with Crippen LogP contribution in [0.2, 0.25) is 5.02 Å². The van der Waals surface area contributed by atoms with Gasteiger partial charge in [-0.25, -0.2) is 4.68 Å². The standard InChI is InChI=1S/C16H17BClN3O2/c1-15(2)16(3,4)23-17(22-15)12-9-20-21(10-12)13-6-5-11(8-19)14(18)7-13/h5-7,9-10H,1-4H3. The topological polar surface area (TPSA) is 60.1 Å². The van der Waals surface area contributed by atoms with Gasteiger partial charge in [0.1, 0.15) is 6.07 Å². The van der Waals surface area contributed by atoms with Crippen molar-refractivity contribution in [2.45, 2.75) is 38.9 Å². The Labute approximate surface area is 140 Å². The molecule has 5 nitrogen and oxygen atoms in total. The van der Waals surface area contributed by atoms with Gasteiger partial charge in [0.25, 0.3) is 0 Å². The number of halogens is 1. The van der Waals surface area contributed by atoms with Crippen LogP contribution in [-0.4, -0.2) is 28.1 Å². The van der Waals surface area contributed by atoms with E-state index in [0.29, 0.717) is 10.6 Å². The zero-order valence-corrected chi connectivity index (χ0v) is 14.3. The molecule has 7 heteroatoms. The van der Waals surface area contributed by atoms with Gasteiger partial charge in [0.15, 0.2) is 0 Å². The molecule has 1 fully saturated rings. The van der Waals surface area contributed by atoms with Crippen LogP contribution >= 0.6 is 11.6 Å². The lowest BCUT2D eigenvalue weighted by atomic mass is 9.82. The Kier molecular flexibility index (Phi) is 3.76. The van der Waals surface area contributed by atoms with Gasteiger partial charge >= 0.3 is 7.12 Å². The summed E-state index contributed by atoms with van der Waals surface area (Å²) < 4.78 is 13.7. The van der Waals surface area contributed by atoms with Crippen molar-refractivity contribution in [2.24, 2.45) is 0 Å². The van der Waals surface area contributed by atoms with Crippen molar-refractivity contribution < 1.29 is 9.31 Å². The first-order chi connectivity index (χ1) is 10.7. The predicted molar refractivity (Wildman–Crippen MR) is 89.0 cm³/mol. The third-order valence-corrected chi connectivity index (χ3v) is 4.78. The first kappa shape index (κ1) is 16.1. The van der Waals surface area contributed by atoms with Crippen LogP contribution in [0.15, 0.2) is 30.6 Å². The molecule has 2 aromatic rings. The summed E-state index contributed by atoms with van der Waals surface area (Å²) in [4.78, 5) is 0. The maximum Gasteiger partial charge on any atom is 0.498 e. The van der Waals surface area contributed by atoms with Crippen LogP contribution in [0.4, 0.5) is 0 Å². The largest absolute Gasteiger partial charge is 0.498 e. The molecule has 0 amide bonds. The molecule has 0 saturated carbocycles. The molecule has 0 spiro atoms. The van der Waals surface area contributed by atoms with E-state index in [4.69, 9.17) is 26.2 Å². The van der Waals surface area contributed by atoms with E-state index in [1.807, 2.05) is 40.0 Å². The lowest BCUT2D eigenvalue weighted by Crippen LogP contribution is -2.41. The van der Waals surface area contributed by atoms with Crippen LogP contribution in [0, 0.1) is 11.3 Å². The molecule has 23 heavy (non-hydrogen) atoms. The highest BCUT2D eigenvalue weighted by molar-refractivity contribution is 6.62. The Balaban J connectivity index is 1.88. The van der Waals surface area contributed by atoms with E-state index in [2.05, 4.69) is 5.10 Å². The molecule has 2 heterocycles. The monoisotopic (exact) mass is 329 g/mol. The molecule has 118 valence electrons. The molecular weight excluding hydrogens is 312 g/mol. The van der Waals surface area contributed by atoms with E-state index in [-0.39, 0.29) is 0 Å². The minimum absolute atomic E-state index is 0.391. The van der Waals surface area contributed by atoms with Crippen molar-refractivity contribution in [3.05, 3.63) is 41.2 Å². The van der Waals surface area contributed by atoms with Crippen molar-refractivity contribution in [1.29, 1.82) is 5.26 Å². The van der Waals surface area contributed by atoms with Crippen LogP contribution in [0.5, 0.6) is 0 Å². The van der Waals surface area contributed by atoms with Gasteiger partial charge in [0.05, 0.1) is 27.5 Å². The summed E-state index contributed by atoms with van der Waals surface area (Å²) in [6.07, 6.45) is 3.56. The van der Waals surface area contributed by atoms with Gasteiger partial charge in [0, 0.05) is 17.9 Å². The van der Waals surface area contributed by atoms with Gasteiger partial charge in [-0.15, -0.1) is 0 Å². The Morgan fingerprint density at radius 3 is 2.43 bits per heavy atom. The molecule has 1 aromatic heterocycles. The fourth-order valence-corrected chi connectivity index (χ4v) is 2.53. The van der Waals surface area contributed by atoms with Crippen LogP contribution in [0.3, 0.4) is 0 Å². The molecule has 0 unspecified atom stereocenters. The smallest absolute Gasteiger partial charge is 0.399 e. The summed E-state index contributed by atoms with van der Waals surface area (Å²) in [5.74, 6) is 0. The molecule has 1 saturated heterocycles. The summed E-state index contributed by atoms with van der Waals surface area (Å²) in [6, 6.07) is 7.22. The predicted octanol–water partition coefficient (Wildman–Crippen LogP) is 2.70. The molecule has 3 rings (SSSR count). The zero-order valence-electron chi connectivity index (χ0n) is 13.5. The number of hydrogen-bond donors (Lipinski definition) is 0. The average Bonchev–Trinajstić information content (AvgIpc) is 3.02. The second kappa shape index (κ2) is 5.38. The Morgan fingerprint density at radius 2 is 1.87 bits per heavy atom. The molecule has 1 aromatic carbocycles. The Hall–Kier alpha value is -1.81. The first-order valence-corrected chi connectivity index (χ1v) is 7.71. The van der Waals surface area contributed by atoms with E-state index in [9.17, 15) is 0 Å². The number of nitriles is 1. The molecule has 0 atom stereocenters. The highest BCUT2D eigenvalue weighted by Crippen LogP contribution is 2.36.